The zero-order valence-electron chi connectivity index (χ0n) is 11.1. The summed E-state index contributed by atoms with van der Waals surface area (Å²) in [7, 11) is 0. The van der Waals surface area contributed by atoms with Gasteiger partial charge < -0.3 is 9.84 Å². The fourth-order valence-electron chi connectivity index (χ4n) is 3.27. The highest BCUT2D eigenvalue weighted by molar-refractivity contribution is 5.38. The van der Waals surface area contributed by atoms with Crippen LogP contribution in [0.25, 0.3) is 0 Å². The number of benzene rings is 1. The molecule has 2 unspecified atom stereocenters. The lowest BCUT2D eigenvalue weighted by Gasteiger charge is -2.34. The minimum atomic E-state index is -0.449. The Morgan fingerprint density at radius 2 is 2.06 bits per heavy atom. The summed E-state index contributed by atoms with van der Waals surface area (Å²) in [6.07, 6.45) is 5.21. The van der Waals surface area contributed by atoms with Gasteiger partial charge in [0, 0.05) is 0 Å². The van der Waals surface area contributed by atoms with Gasteiger partial charge in [-0.3, -0.25) is 0 Å². The number of rotatable bonds is 4. The first kappa shape index (κ1) is 12.0. The number of aliphatic hydroxyl groups is 1. The van der Waals surface area contributed by atoms with Gasteiger partial charge in [0.2, 0.25) is 0 Å². The van der Waals surface area contributed by atoms with Gasteiger partial charge in [0.1, 0.15) is 5.75 Å². The van der Waals surface area contributed by atoms with Crippen LogP contribution in [0.3, 0.4) is 0 Å². The summed E-state index contributed by atoms with van der Waals surface area (Å²) >= 11 is 0. The van der Waals surface area contributed by atoms with Crippen molar-refractivity contribution in [1.29, 1.82) is 0 Å². The van der Waals surface area contributed by atoms with Gasteiger partial charge in [-0.25, -0.2) is 0 Å². The molecule has 1 aliphatic heterocycles. The van der Waals surface area contributed by atoms with Crippen molar-refractivity contribution in [3.05, 3.63) is 29.8 Å². The van der Waals surface area contributed by atoms with E-state index in [1.165, 1.54) is 18.4 Å². The molecular formula is C16H22O2. The second-order valence-corrected chi connectivity index (χ2v) is 5.81. The van der Waals surface area contributed by atoms with E-state index in [9.17, 15) is 5.11 Å². The largest absolute Gasteiger partial charge is 0.493 e. The van der Waals surface area contributed by atoms with Crippen LogP contribution >= 0.6 is 0 Å². The van der Waals surface area contributed by atoms with Crippen molar-refractivity contribution < 1.29 is 9.84 Å². The maximum Gasteiger partial charge on any atom is 0.122 e. The molecule has 18 heavy (non-hydrogen) atoms. The van der Waals surface area contributed by atoms with Gasteiger partial charge in [-0.05, 0) is 55.6 Å². The fourth-order valence-corrected chi connectivity index (χ4v) is 3.27. The molecule has 0 amide bonds. The van der Waals surface area contributed by atoms with Crippen molar-refractivity contribution in [2.45, 2.75) is 50.5 Å². The van der Waals surface area contributed by atoms with E-state index in [0.717, 1.165) is 31.6 Å². The third kappa shape index (κ3) is 2.14. The number of para-hydroxylation sites is 1. The molecule has 2 heteroatoms. The summed E-state index contributed by atoms with van der Waals surface area (Å²) in [5.74, 6) is 2.01. The SMILES string of the molecule is CCC(O)(CC1CCOc2ccccc21)C1CC1. The fraction of sp³-hybridized carbons (Fsp3) is 0.625. The van der Waals surface area contributed by atoms with Gasteiger partial charge in [-0.1, -0.05) is 25.1 Å². The Morgan fingerprint density at radius 1 is 1.28 bits per heavy atom. The molecule has 3 rings (SSSR count). The molecule has 1 heterocycles. The highest BCUT2D eigenvalue weighted by atomic mass is 16.5. The lowest BCUT2D eigenvalue weighted by Crippen LogP contribution is -2.34. The molecule has 0 spiro atoms. The summed E-state index contributed by atoms with van der Waals surface area (Å²) in [6, 6.07) is 8.29. The molecule has 1 saturated carbocycles. The Labute approximate surface area is 109 Å². The predicted molar refractivity (Wildman–Crippen MR) is 71.9 cm³/mol. The average Bonchev–Trinajstić information content (AvgIpc) is 3.24. The Bertz CT molecular complexity index is 425. The first-order valence-electron chi connectivity index (χ1n) is 7.17. The third-order valence-electron chi connectivity index (χ3n) is 4.63. The van der Waals surface area contributed by atoms with Crippen LogP contribution in [-0.2, 0) is 0 Å². The Morgan fingerprint density at radius 3 is 2.78 bits per heavy atom. The van der Waals surface area contributed by atoms with Crippen LogP contribution in [0.1, 0.15) is 50.5 Å². The minimum Gasteiger partial charge on any atom is -0.493 e. The maximum atomic E-state index is 10.8. The van der Waals surface area contributed by atoms with E-state index in [4.69, 9.17) is 4.74 Å². The summed E-state index contributed by atoms with van der Waals surface area (Å²) in [6.45, 7) is 2.90. The van der Waals surface area contributed by atoms with Gasteiger partial charge in [0.25, 0.3) is 0 Å². The van der Waals surface area contributed by atoms with Crippen LogP contribution in [0.4, 0.5) is 0 Å². The van der Waals surface area contributed by atoms with E-state index in [-0.39, 0.29) is 0 Å². The van der Waals surface area contributed by atoms with E-state index >= 15 is 0 Å². The van der Waals surface area contributed by atoms with Gasteiger partial charge in [0.15, 0.2) is 0 Å². The van der Waals surface area contributed by atoms with E-state index < -0.39 is 5.60 Å². The monoisotopic (exact) mass is 246 g/mol. The van der Waals surface area contributed by atoms with Gasteiger partial charge in [0.05, 0.1) is 12.2 Å². The molecular weight excluding hydrogens is 224 g/mol. The van der Waals surface area contributed by atoms with Crippen molar-refractivity contribution in [2.24, 2.45) is 5.92 Å². The average molecular weight is 246 g/mol. The first-order chi connectivity index (χ1) is 8.73. The molecule has 0 radical (unpaired) electrons. The van der Waals surface area contributed by atoms with Crippen molar-refractivity contribution in [1.82, 2.24) is 0 Å². The van der Waals surface area contributed by atoms with E-state index in [2.05, 4.69) is 19.1 Å². The van der Waals surface area contributed by atoms with E-state index in [1.807, 2.05) is 12.1 Å². The minimum absolute atomic E-state index is 0.449. The summed E-state index contributed by atoms with van der Waals surface area (Å²) in [5.41, 5.74) is 0.839. The quantitative estimate of drug-likeness (QED) is 0.881. The van der Waals surface area contributed by atoms with Crippen molar-refractivity contribution in [3.63, 3.8) is 0 Å². The summed E-state index contributed by atoms with van der Waals surface area (Å²) in [4.78, 5) is 0. The summed E-state index contributed by atoms with van der Waals surface area (Å²) < 4.78 is 5.70. The number of fused-ring (bicyclic) bond motifs is 1. The predicted octanol–water partition coefficient (Wildman–Crippen LogP) is 3.49. The van der Waals surface area contributed by atoms with Crippen molar-refractivity contribution >= 4 is 0 Å². The highest BCUT2D eigenvalue weighted by Crippen LogP contribution is 2.48. The molecule has 2 atom stereocenters. The number of ether oxygens (including phenoxy) is 1. The molecule has 1 aromatic rings. The lowest BCUT2D eigenvalue weighted by atomic mass is 9.79. The van der Waals surface area contributed by atoms with Crippen molar-refractivity contribution in [2.75, 3.05) is 6.61 Å². The second kappa shape index (κ2) is 4.58. The van der Waals surface area contributed by atoms with Crippen LogP contribution in [0, 0.1) is 5.92 Å². The van der Waals surface area contributed by atoms with E-state index in [1.54, 1.807) is 0 Å². The maximum absolute atomic E-state index is 10.8. The molecule has 1 N–H and O–H groups in total. The normalized spacial score (nSPS) is 26.0. The zero-order chi connectivity index (χ0) is 12.6. The molecule has 98 valence electrons. The lowest BCUT2D eigenvalue weighted by molar-refractivity contribution is -0.00462. The topological polar surface area (TPSA) is 29.5 Å². The standard InChI is InChI=1S/C16H22O2/c1-2-16(17,13-7-8-13)11-12-9-10-18-15-6-4-3-5-14(12)15/h3-6,12-13,17H,2,7-11H2,1H3. The molecule has 1 aliphatic carbocycles. The molecule has 1 aromatic carbocycles. The van der Waals surface area contributed by atoms with Crippen molar-refractivity contribution in [3.8, 4) is 5.75 Å². The molecule has 0 aromatic heterocycles. The second-order valence-electron chi connectivity index (χ2n) is 5.81. The van der Waals surface area contributed by atoms with Crippen LogP contribution in [0.5, 0.6) is 5.75 Å². The smallest absolute Gasteiger partial charge is 0.122 e. The first-order valence-corrected chi connectivity index (χ1v) is 7.17. The molecule has 2 aliphatic rings. The highest BCUT2D eigenvalue weighted by Gasteiger charge is 2.44. The van der Waals surface area contributed by atoms with Crippen LogP contribution < -0.4 is 4.74 Å². The Kier molecular flexibility index (Phi) is 3.06. The molecule has 2 nitrogen and oxygen atoms in total. The molecule has 1 fully saturated rings. The summed E-state index contributed by atoms with van der Waals surface area (Å²) in [5, 5.41) is 10.8. The Hall–Kier alpha value is -1.02. The van der Waals surface area contributed by atoms with Crippen LogP contribution in [0.2, 0.25) is 0 Å². The molecule has 0 saturated heterocycles. The Balaban J connectivity index is 1.81. The van der Waals surface area contributed by atoms with Gasteiger partial charge in [-0.15, -0.1) is 0 Å². The van der Waals surface area contributed by atoms with Crippen LogP contribution in [-0.4, -0.2) is 17.3 Å². The van der Waals surface area contributed by atoms with Crippen LogP contribution in [0.15, 0.2) is 24.3 Å². The van der Waals surface area contributed by atoms with E-state index in [0.29, 0.717) is 11.8 Å². The van der Waals surface area contributed by atoms with Gasteiger partial charge >= 0.3 is 0 Å². The number of hydrogen-bond donors (Lipinski definition) is 1. The number of hydrogen-bond acceptors (Lipinski definition) is 2. The van der Waals surface area contributed by atoms with Gasteiger partial charge in [-0.2, -0.15) is 0 Å². The molecule has 0 bridgehead atoms. The third-order valence-corrected chi connectivity index (χ3v) is 4.63. The zero-order valence-corrected chi connectivity index (χ0v) is 11.1.